The molecule has 0 aliphatic carbocycles. The van der Waals surface area contributed by atoms with E-state index in [9.17, 15) is 10.1 Å². The summed E-state index contributed by atoms with van der Waals surface area (Å²) < 4.78 is 6.22. The zero-order valence-electron chi connectivity index (χ0n) is 8.54. The van der Waals surface area contributed by atoms with E-state index in [1.807, 2.05) is 0 Å². The van der Waals surface area contributed by atoms with Crippen LogP contribution in [-0.2, 0) is 0 Å². The first-order valence-corrected chi connectivity index (χ1v) is 5.48. The van der Waals surface area contributed by atoms with Gasteiger partial charge in [0.2, 0.25) is 5.88 Å². The van der Waals surface area contributed by atoms with Crippen molar-refractivity contribution in [2.75, 3.05) is 0 Å². The molecule has 86 valence electrons. The van der Waals surface area contributed by atoms with Gasteiger partial charge in [-0.1, -0.05) is 6.07 Å². The lowest BCUT2D eigenvalue weighted by atomic mass is 10.3. The van der Waals surface area contributed by atoms with Gasteiger partial charge in [-0.15, -0.1) is 0 Å². The Hall–Kier alpha value is -1.95. The highest BCUT2D eigenvalue weighted by molar-refractivity contribution is 9.10. The average molecular weight is 295 g/mol. The number of non-ortho nitro benzene ring substituents is 1. The van der Waals surface area contributed by atoms with Gasteiger partial charge in [0.1, 0.15) is 5.75 Å². The fourth-order valence-electron chi connectivity index (χ4n) is 1.20. The van der Waals surface area contributed by atoms with Crippen LogP contribution in [0, 0.1) is 10.1 Å². The van der Waals surface area contributed by atoms with Gasteiger partial charge in [0.05, 0.1) is 11.0 Å². The van der Waals surface area contributed by atoms with Crippen molar-refractivity contribution < 1.29 is 9.66 Å². The Kier molecular flexibility index (Phi) is 3.34. The van der Waals surface area contributed by atoms with Crippen LogP contribution in [0.4, 0.5) is 5.69 Å². The molecule has 2 rings (SSSR count). The highest BCUT2D eigenvalue weighted by Gasteiger charge is 2.07. The van der Waals surface area contributed by atoms with E-state index >= 15 is 0 Å². The predicted octanol–water partition coefficient (Wildman–Crippen LogP) is 3.54. The van der Waals surface area contributed by atoms with Crippen molar-refractivity contribution in [1.29, 1.82) is 0 Å². The molecule has 0 N–H and O–H groups in total. The van der Waals surface area contributed by atoms with Crippen LogP contribution in [0.25, 0.3) is 0 Å². The van der Waals surface area contributed by atoms with E-state index in [1.165, 1.54) is 12.1 Å². The van der Waals surface area contributed by atoms with Gasteiger partial charge in [-0.2, -0.15) is 0 Å². The number of hydrogen-bond acceptors (Lipinski definition) is 4. The second kappa shape index (κ2) is 4.92. The smallest absolute Gasteiger partial charge is 0.273 e. The van der Waals surface area contributed by atoms with Crippen LogP contribution in [0.1, 0.15) is 0 Å². The molecule has 0 bridgehead atoms. The maximum absolute atomic E-state index is 10.6. The van der Waals surface area contributed by atoms with Crippen LogP contribution in [0.5, 0.6) is 11.6 Å². The maximum Gasteiger partial charge on any atom is 0.273 e. The molecule has 2 aromatic rings. The summed E-state index contributed by atoms with van der Waals surface area (Å²) in [6.07, 6.45) is 1.59. The molecule has 0 aliphatic rings. The topological polar surface area (TPSA) is 65.3 Å². The van der Waals surface area contributed by atoms with Crippen LogP contribution >= 0.6 is 15.9 Å². The van der Waals surface area contributed by atoms with E-state index in [4.69, 9.17) is 4.74 Å². The summed E-state index contributed by atoms with van der Waals surface area (Å²) in [6, 6.07) is 9.40. The first-order valence-electron chi connectivity index (χ1n) is 4.69. The highest BCUT2D eigenvalue weighted by atomic mass is 79.9. The molecule has 17 heavy (non-hydrogen) atoms. The van der Waals surface area contributed by atoms with Gasteiger partial charge in [-0.05, 0) is 28.1 Å². The van der Waals surface area contributed by atoms with E-state index in [0.717, 1.165) is 4.47 Å². The first-order chi connectivity index (χ1) is 8.15. The van der Waals surface area contributed by atoms with Crippen molar-refractivity contribution in [3.8, 4) is 11.6 Å². The van der Waals surface area contributed by atoms with Crippen molar-refractivity contribution in [2.45, 2.75) is 0 Å². The Morgan fingerprint density at radius 2 is 2.12 bits per heavy atom. The van der Waals surface area contributed by atoms with Crippen molar-refractivity contribution in [1.82, 2.24) is 4.98 Å². The van der Waals surface area contributed by atoms with E-state index in [1.54, 1.807) is 30.5 Å². The molecule has 0 fully saturated rings. The molecule has 5 nitrogen and oxygen atoms in total. The minimum atomic E-state index is -0.470. The number of pyridine rings is 1. The van der Waals surface area contributed by atoms with Gasteiger partial charge < -0.3 is 4.74 Å². The molecule has 0 amide bonds. The van der Waals surface area contributed by atoms with Crippen molar-refractivity contribution in [2.24, 2.45) is 0 Å². The summed E-state index contributed by atoms with van der Waals surface area (Å²) in [6.45, 7) is 0. The lowest BCUT2D eigenvalue weighted by molar-refractivity contribution is -0.384. The first kappa shape index (κ1) is 11.5. The number of nitro benzene ring substituents is 1. The number of benzene rings is 1. The van der Waals surface area contributed by atoms with Crippen LogP contribution in [0.15, 0.2) is 47.1 Å². The van der Waals surface area contributed by atoms with Crippen LogP contribution in [0.3, 0.4) is 0 Å². The van der Waals surface area contributed by atoms with Crippen LogP contribution in [-0.4, -0.2) is 9.91 Å². The molecule has 6 heteroatoms. The molecule has 1 heterocycles. The third kappa shape index (κ3) is 3.01. The summed E-state index contributed by atoms with van der Waals surface area (Å²) in [5, 5.41) is 10.6. The molecule has 0 atom stereocenters. The minimum absolute atomic E-state index is 0.0142. The molecule has 1 aromatic carbocycles. The Balaban J connectivity index is 2.21. The van der Waals surface area contributed by atoms with E-state index < -0.39 is 4.92 Å². The fraction of sp³-hybridized carbons (Fsp3) is 0. The molecule has 0 spiro atoms. The number of hydrogen-bond donors (Lipinski definition) is 0. The monoisotopic (exact) mass is 294 g/mol. The second-order valence-electron chi connectivity index (χ2n) is 3.17. The normalized spacial score (nSPS) is 9.94. The number of halogens is 1. The summed E-state index contributed by atoms with van der Waals surface area (Å²) in [5.41, 5.74) is -0.0142. The van der Waals surface area contributed by atoms with E-state index in [-0.39, 0.29) is 5.69 Å². The largest absolute Gasteiger partial charge is 0.439 e. The quantitative estimate of drug-likeness (QED) is 0.641. The van der Waals surface area contributed by atoms with Gasteiger partial charge in [-0.25, -0.2) is 4.98 Å². The lowest BCUT2D eigenvalue weighted by Crippen LogP contribution is -1.90. The summed E-state index contributed by atoms with van der Waals surface area (Å²) in [5.74, 6) is 0.766. The third-order valence-electron chi connectivity index (χ3n) is 1.95. The molecule has 0 radical (unpaired) electrons. The second-order valence-corrected chi connectivity index (χ2v) is 4.09. The lowest BCUT2D eigenvalue weighted by Gasteiger charge is -2.03. The van der Waals surface area contributed by atoms with E-state index in [2.05, 4.69) is 20.9 Å². The number of aromatic nitrogens is 1. The molecule has 0 saturated carbocycles. The zero-order chi connectivity index (χ0) is 12.3. The van der Waals surface area contributed by atoms with Crippen molar-refractivity contribution in [3.05, 3.63) is 57.2 Å². The Morgan fingerprint density at radius 3 is 2.76 bits per heavy atom. The molecule has 0 unspecified atom stereocenters. The summed E-state index contributed by atoms with van der Waals surface area (Å²) >= 11 is 3.25. The van der Waals surface area contributed by atoms with Gasteiger partial charge in [0.25, 0.3) is 5.69 Å². The number of nitro groups is 1. The number of nitrogens with zero attached hydrogens (tertiary/aromatic N) is 2. The Labute approximate surface area is 105 Å². The van der Waals surface area contributed by atoms with Crippen molar-refractivity contribution in [3.63, 3.8) is 0 Å². The molecule has 1 aromatic heterocycles. The predicted molar refractivity (Wildman–Crippen MR) is 65.1 cm³/mol. The highest BCUT2D eigenvalue weighted by Crippen LogP contribution is 2.24. The SMILES string of the molecule is O=[N+]([O-])c1cccc(Oc2ccc(Br)cn2)c1. The molecule has 0 aliphatic heterocycles. The van der Waals surface area contributed by atoms with Gasteiger partial charge in [0.15, 0.2) is 0 Å². The van der Waals surface area contributed by atoms with Gasteiger partial charge in [-0.3, -0.25) is 10.1 Å². The van der Waals surface area contributed by atoms with Crippen LogP contribution < -0.4 is 4.74 Å². The summed E-state index contributed by atoms with van der Waals surface area (Å²) in [7, 11) is 0. The third-order valence-corrected chi connectivity index (χ3v) is 2.42. The van der Waals surface area contributed by atoms with Crippen molar-refractivity contribution >= 4 is 21.6 Å². The maximum atomic E-state index is 10.6. The van der Waals surface area contributed by atoms with Crippen LogP contribution in [0.2, 0.25) is 0 Å². The zero-order valence-corrected chi connectivity index (χ0v) is 10.1. The molecule has 0 saturated heterocycles. The van der Waals surface area contributed by atoms with E-state index in [0.29, 0.717) is 11.6 Å². The molecular weight excluding hydrogens is 288 g/mol. The minimum Gasteiger partial charge on any atom is -0.439 e. The van der Waals surface area contributed by atoms with Gasteiger partial charge >= 0.3 is 0 Å². The Morgan fingerprint density at radius 1 is 1.29 bits per heavy atom. The van der Waals surface area contributed by atoms with Gasteiger partial charge in [0, 0.05) is 22.8 Å². The fourth-order valence-corrected chi connectivity index (χ4v) is 1.44. The number of rotatable bonds is 3. The number of ether oxygens (including phenoxy) is 1. The standard InChI is InChI=1S/C11H7BrN2O3/c12-8-4-5-11(13-7-8)17-10-3-1-2-9(6-10)14(15)16/h1-7H. The summed E-state index contributed by atoms with van der Waals surface area (Å²) in [4.78, 5) is 14.1. The Bertz CT molecular complexity index is 543. The average Bonchev–Trinajstić information content (AvgIpc) is 2.32. The molecular formula is C11H7BrN2O3.